The van der Waals surface area contributed by atoms with Crippen molar-refractivity contribution in [3.63, 3.8) is 0 Å². The Labute approximate surface area is 218 Å². The fourth-order valence-electron chi connectivity index (χ4n) is 4.03. The van der Waals surface area contributed by atoms with Crippen molar-refractivity contribution >= 4 is 32.6 Å². The van der Waals surface area contributed by atoms with Crippen LogP contribution in [0.25, 0.3) is 10.8 Å². The fraction of sp³-hybridized carbons (Fsp3) is 0.357. The lowest BCUT2D eigenvalue weighted by Crippen LogP contribution is -2.55. The summed E-state index contributed by atoms with van der Waals surface area (Å²) in [4.78, 5) is 28.1. The Balaban J connectivity index is 1.89. The molecule has 7 nitrogen and oxygen atoms in total. The third-order valence-electron chi connectivity index (χ3n) is 5.94. The number of hydrogen-bond donors (Lipinski definition) is 1. The summed E-state index contributed by atoms with van der Waals surface area (Å²) < 4.78 is 41.1. The number of amides is 2. The minimum absolute atomic E-state index is 0.0268. The maximum absolute atomic E-state index is 13.6. The number of nitrogens with zero attached hydrogens (tertiary/aromatic N) is 2. The average molecular weight is 528 g/mol. The van der Waals surface area contributed by atoms with Gasteiger partial charge in [-0.25, -0.2) is 12.8 Å². The number of fused-ring (bicyclic) bond motifs is 1. The van der Waals surface area contributed by atoms with E-state index in [-0.39, 0.29) is 17.3 Å². The van der Waals surface area contributed by atoms with E-state index in [0.29, 0.717) is 12.0 Å². The zero-order chi connectivity index (χ0) is 27.4. The van der Waals surface area contributed by atoms with Gasteiger partial charge in [-0.15, -0.1) is 0 Å². The van der Waals surface area contributed by atoms with Crippen LogP contribution >= 0.6 is 0 Å². The number of carbonyl (C=O) groups excluding carboxylic acids is 2. The Kier molecular flexibility index (Phi) is 8.71. The Morgan fingerprint density at radius 3 is 2.19 bits per heavy atom. The predicted molar refractivity (Wildman–Crippen MR) is 143 cm³/mol. The second-order valence-electron chi connectivity index (χ2n) is 10.1. The molecule has 3 rings (SSSR count). The van der Waals surface area contributed by atoms with E-state index in [9.17, 15) is 22.4 Å². The van der Waals surface area contributed by atoms with Gasteiger partial charge in [-0.3, -0.25) is 9.59 Å². The lowest BCUT2D eigenvalue weighted by atomic mass is 10.1. The molecule has 198 valence electrons. The number of rotatable bonds is 9. The van der Waals surface area contributed by atoms with Crippen molar-refractivity contribution in [1.82, 2.24) is 14.5 Å². The van der Waals surface area contributed by atoms with Crippen LogP contribution in [0.4, 0.5) is 4.39 Å². The second-order valence-corrected chi connectivity index (χ2v) is 12.1. The SMILES string of the molecule is CC[C@@H](C(=O)NC(C)(C)C)N(Cc1ccc(F)cc1)C(=O)CN(C)S(=O)(=O)c1ccc2ccccc2c1. The van der Waals surface area contributed by atoms with E-state index in [1.807, 2.05) is 45.0 Å². The molecule has 37 heavy (non-hydrogen) atoms. The number of hydrogen-bond acceptors (Lipinski definition) is 4. The molecule has 3 aromatic carbocycles. The Morgan fingerprint density at radius 2 is 1.59 bits per heavy atom. The average Bonchev–Trinajstić information content (AvgIpc) is 2.83. The molecule has 1 N–H and O–H groups in total. The van der Waals surface area contributed by atoms with Crippen LogP contribution in [0.1, 0.15) is 39.7 Å². The Morgan fingerprint density at radius 1 is 0.973 bits per heavy atom. The largest absolute Gasteiger partial charge is 0.350 e. The first-order valence-corrected chi connectivity index (χ1v) is 13.6. The predicted octanol–water partition coefficient (Wildman–Crippen LogP) is 4.32. The smallest absolute Gasteiger partial charge is 0.243 e. The molecular weight excluding hydrogens is 493 g/mol. The van der Waals surface area contributed by atoms with Crippen molar-refractivity contribution in [2.45, 2.75) is 57.1 Å². The van der Waals surface area contributed by atoms with Crippen LogP contribution in [0.15, 0.2) is 71.6 Å². The second kappa shape index (κ2) is 11.4. The van der Waals surface area contributed by atoms with Crippen molar-refractivity contribution in [1.29, 1.82) is 0 Å². The molecule has 0 saturated heterocycles. The minimum atomic E-state index is -3.98. The summed E-state index contributed by atoms with van der Waals surface area (Å²) in [5.74, 6) is -1.29. The zero-order valence-corrected chi connectivity index (χ0v) is 22.7. The first-order chi connectivity index (χ1) is 17.3. The van der Waals surface area contributed by atoms with Crippen LogP contribution in [0.2, 0.25) is 0 Å². The molecule has 9 heteroatoms. The van der Waals surface area contributed by atoms with Crippen LogP contribution in [-0.2, 0) is 26.2 Å². The van der Waals surface area contributed by atoms with Gasteiger partial charge in [-0.1, -0.05) is 49.4 Å². The number of benzene rings is 3. The van der Waals surface area contributed by atoms with Crippen molar-refractivity contribution in [2.75, 3.05) is 13.6 Å². The summed E-state index contributed by atoms with van der Waals surface area (Å²) in [6.45, 7) is 6.87. The van der Waals surface area contributed by atoms with Gasteiger partial charge in [-0.2, -0.15) is 4.31 Å². The molecule has 0 heterocycles. The lowest BCUT2D eigenvalue weighted by Gasteiger charge is -2.34. The summed E-state index contributed by atoms with van der Waals surface area (Å²) in [5.41, 5.74) is 0.0995. The van der Waals surface area contributed by atoms with Gasteiger partial charge in [0, 0.05) is 19.1 Å². The van der Waals surface area contributed by atoms with Crippen molar-refractivity contribution in [2.24, 2.45) is 0 Å². The van der Waals surface area contributed by atoms with E-state index in [4.69, 9.17) is 0 Å². The van der Waals surface area contributed by atoms with E-state index in [1.165, 1.54) is 30.1 Å². The number of nitrogens with one attached hydrogen (secondary N) is 1. The van der Waals surface area contributed by atoms with E-state index >= 15 is 0 Å². The lowest BCUT2D eigenvalue weighted by molar-refractivity contribution is -0.142. The maximum atomic E-state index is 13.6. The van der Waals surface area contributed by atoms with E-state index in [1.54, 1.807) is 31.2 Å². The monoisotopic (exact) mass is 527 g/mol. The highest BCUT2D eigenvalue weighted by molar-refractivity contribution is 7.89. The van der Waals surface area contributed by atoms with Gasteiger partial charge in [0.05, 0.1) is 11.4 Å². The molecule has 0 radical (unpaired) electrons. The molecule has 0 fully saturated rings. The van der Waals surface area contributed by atoms with Crippen LogP contribution in [0.5, 0.6) is 0 Å². The third-order valence-corrected chi connectivity index (χ3v) is 7.74. The number of sulfonamides is 1. The van der Waals surface area contributed by atoms with Crippen LogP contribution < -0.4 is 5.32 Å². The fourth-order valence-corrected chi connectivity index (χ4v) is 5.19. The molecule has 0 saturated carbocycles. The molecule has 1 atom stereocenters. The van der Waals surface area contributed by atoms with Gasteiger partial charge in [0.1, 0.15) is 11.9 Å². The summed E-state index contributed by atoms with van der Waals surface area (Å²) in [6, 6.07) is 17.0. The minimum Gasteiger partial charge on any atom is -0.350 e. The summed E-state index contributed by atoms with van der Waals surface area (Å²) >= 11 is 0. The zero-order valence-electron chi connectivity index (χ0n) is 21.9. The molecule has 3 aromatic rings. The molecule has 0 aromatic heterocycles. The van der Waals surface area contributed by atoms with Gasteiger partial charge in [0.2, 0.25) is 21.8 Å². The quantitative estimate of drug-likeness (QED) is 0.449. The van der Waals surface area contributed by atoms with Crippen LogP contribution in [0.3, 0.4) is 0 Å². The number of likely N-dealkylation sites (N-methyl/N-ethyl adjacent to an activating group) is 1. The molecule has 0 aliphatic heterocycles. The molecule has 0 spiro atoms. The first kappa shape index (κ1) is 28.3. The molecule has 0 unspecified atom stereocenters. The normalized spacial score (nSPS) is 12.9. The molecule has 0 bridgehead atoms. The van der Waals surface area contributed by atoms with Gasteiger partial charge in [-0.05, 0) is 67.8 Å². The van der Waals surface area contributed by atoms with Gasteiger partial charge >= 0.3 is 0 Å². The first-order valence-electron chi connectivity index (χ1n) is 12.1. The van der Waals surface area contributed by atoms with Crippen molar-refractivity contribution in [3.8, 4) is 0 Å². The van der Waals surface area contributed by atoms with Gasteiger partial charge in [0.25, 0.3) is 0 Å². The summed E-state index contributed by atoms with van der Waals surface area (Å²) in [5, 5.41) is 4.58. The number of halogens is 1. The highest BCUT2D eigenvalue weighted by atomic mass is 32.2. The van der Waals surface area contributed by atoms with Crippen molar-refractivity contribution < 1.29 is 22.4 Å². The topological polar surface area (TPSA) is 86.8 Å². The molecule has 0 aliphatic carbocycles. The molecular formula is C28H34FN3O4S. The van der Waals surface area contributed by atoms with Gasteiger partial charge < -0.3 is 10.2 Å². The molecule has 2 amide bonds. The highest BCUT2D eigenvalue weighted by Gasteiger charge is 2.33. The van der Waals surface area contributed by atoms with Crippen LogP contribution in [-0.4, -0.2) is 54.6 Å². The summed E-state index contributed by atoms with van der Waals surface area (Å²) in [6.07, 6.45) is 0.315. The number of carbonyl (C=O) groups is 2. The van der Waals surface area contributed by atoms with Crippen LogP contribution in [0, 0.1) is 5.82 Å². The third kappa shape index (κ3) is 7.14. The van der Waals surface area contributed by atoms with E-state index < -0.39 is 39.9 Å². The van der Waals surface area contributed by atoms with E-state index in [0.717, 1.165) is 15.1 Å². The Bertz CT molecular complexity index is 1370. The molecule has 0 aliphatic rings. The van der Waals surface area contributed by atoms with Crippen molar-refractivity contribution in [3.05, 3.63) is 78.1 Å². The highest BCUT2D eigenvalue weighted by Crippen LogP contribution is 2.22. The van der Waals surface area contributed by atoms with Gasteiger partial charge in [0.15, 0.2) is 0 Å². The standard InChI is InChI=1S/C28H34FN3O4S/c1-6-25(27(34)30-28(2,3)4)32(18-20-11-14-23(29)15-12-20)26(33)19-31(5)37(35,36)24-16-13-21-9-7-8-10-22(21)17-24/h7-17,25H,6,18-19H2,1-5H3,(H,30,34)/t25-/m0/s1. The maximum Gasteiger partial charge on any atom is 0.243 e. The summed E-state index contributed by atoms with van der Waals surface area (Å²) in [7, 11) is -2.64. The Hall–Kier alpha value is -3.30. The van der Waals surface area contributed by atoms with E-state index in [2.05, 4.69) is 5.32 Å².